The number of hydrogen-bond donors (Lipinski definition) is 2. The van der Waals surface area contributed by atoms with Crippen LogP contribution >= 0.6 is 0 Å². The van der Waals surface area contributed by atoms with Crippen LogP contribution in [0.5, 0.6) is 5.75 Å². The quantitative estimate of drug-likeness (QED) is 0.552. The summed E-state index contributed by atoms with van der Waals surface area (Å²) < 4.78 is 96.8. The van der Waals surface area contributed by atoms with E-state index in [9.17, 15) is 40.6 Å². The molecule has 1 fully saturated rings. The summed E-state index contributed by atoms with van der Waals surface area (Å²) in [6.07, 6.45) is -8.26. The summed E-state index contributed by atoms with van der Waals surface area (Å²) in [5.41, 5.74) is -2.31. The van der Waals surface area contributed by atoms with E-state index in [4.69, 9.17) is 0 Å². The van der Waals surface area contributed by atoms with Crippen LogP contribution in [0, 0.1) is 5.41 Å². The minimum absolute atomic E-state index is 0.0450. The summed E-state index contributed by atoms with van der Waals surface area (Å²) >= 11 is 0. The van der Waals surface area contributed by atoms with Crippen LogP contribution in [0.25, 0.3) is 0 Å². The summed E-state index contributed by atoms with van der Waals surface area (Å²) in [5, 5.41) is 12.0. The first-order valence-corrected chi connectivity index (χ1v) is 8.43. The molecule has 1 amide bonds. The number of nitrogens with one attached hydrogen (secondary N) is 1. The lowest BCUT2D eigenvalue weighted by Crippen LogP contribution is -2.41. The van der Waals surface area contributed by atoms with E-state index in [2.05, 4.69) is 14.8 Å². The maximum Gasteiger partial charge on any atom is 0.396 e. The third-order valence-electron chi connectivity index (χ3n) is 4.58. The standard InChI is InChI=1S/C17H18F7NO4/c18-14(19)28-8-11(9-2-1-3-10(6-9)29-15(20)21)25-13(27)7-12(26)16(4-5-16)17(22,23)24/h1-3,6,11-12,14-15,26H,4-5,7-8H2,(H,25,27)/t11-,12-/m0/s1. The second-order valence-electron chi connectivity index (χ2n) is 6.54. The fourth-order valence-corrected chi connectivity index (χ4v) is 2.86. The molecule has 2 rings (SSSR count). The SMILES string of the molecule is O=C(C[C@H](O)C1(C(F)(F)F)CC1)N[C@@H](COC(F)F)c1cccc(OC(F)F)c1. The van der Waals surface area contributed by atoms with E-state index in [1.807, 2.05) is 0 Å². The van der Waals surface area contributed by atoms with Crippen LogP contribution in [0.1, 0.15) is 30.9 Å². The minimum atomic E-state index is -4.69. The Balaban J connectivity index is 2.09. The zero-order valence-electron chi connectivity index (χ0n) is 14.8. The number of alkyl halides is 7. The summed E-state index contributed by atoms with van der Waals surface area (Å²) in [6.45, 7) is -7.15. The molecule has 0 radical (unpaired) electrons. The first kappa shape index (κ1) is 23.2. The van der Waals surface area contributed by atoms with E-state index in [0.29, 0.717) is 0 Å². The number of aliphatic hydroxyl groups is 1. The summed E-state index contributed by atoms with van der Waals surface area (Å²) in [5.74, 6) is -1.36. The molecule has 1 aromatic carbocycles. The molecule has 2 N–H and O–H groups in total. The molecule has 0 heterocycles. The third-order valence-corrected chi connectivity index (χ3v) is 4.58. The fourth-order valence-electron chi connectivity index (χ4n) is 2.86. The molecule has 1 aliphatic carbocycles. The zero-order chi connectivity index (χ0) is 21.8. The molecule has 12 heteroatoms. The molecule has 0 saturated heterocycles. The number of carbonyl (C=O) groups excluding carboxylic acids is 1. The molecule has 1 saturated carbocycles. The monoisotopic (exact) mass is 433 g/mol. The largest absolute Gasteiger partial charge is 0.435 e. The first-order chi connectivity index (χ1) is 13.4. The fraction of sp³-hybridized carbons (Fsp3) is 0.588. The van der Waals surface area contributed by atoms with Crippen LogP contribution in [0.3, 0.4) is 0 Å². The van der Waals surface area contributed by atoms with Gasteiger partial charge in [0.15, 0.2) is 0 Å². The van der Waals surface area contributed by atoms with Gasteiger partial charge in [-0.15, -0.1) is 0 Å². The molecule has 29 heavy (non-hydrogen) atoms. The van der Waals surface area contributed by atoms with E-state index in [-0.39, 0.29) is 24.2 Å². The van der Waals surface area contributed by atoms with Crippen molar-refractivity contribution in [1.29, 1.82) is 0 Å². The molecule has 0 aromatic heterocycles. The molecule has 2 atom stereocenters. The van der Waals surface area contributed by atoms with Gasteiger partial charge < -0.3 is 19.9 Å². The highest BCUT2D eigenvalue weighted by molar-refractivity contribution is 5.77. The normalized spacial score (nSPS) is 17.9. The van der Waals surface area contributed by atoms with Crippen molar-refractivity contribution >= 4 is 5.91 Å². The van der Waals surface area contributed by atoms with Crippen molar-refractivity contribution in [3.8, 4) is 5.75 Å². The van der Waals surface area contributed by atoms with Crippen molar-refractivity contribution in [3.05, 3.63) is 29.8 Å². The van der Waals surface area contributed by atoms with Crippen LogP contribution in [0.4, 0.5) is 30.7 Å². The van der Waals surface area contributed by atoms with E-state index in [1.165, 1.54) is 12.1 Å². The summed E-state index contributed by atoms with van der Waals surface area (Å²) in [7, 11) is 0. The predicted octanol–water partition coefficient (Wildman–Crippen LogP) is 3.78. The highest BCUT2D eigenvalue weighted by Crippen LogP contribution is 2.60. The third kappa shape index (κ3) is 6.20. The number of rotatable bonds is 10. The predicted molar refractivity (Wildman–Crippen MR) is 84.3 cm³/mol. The second-order valence-corrected chi connectivity index (χ2v) is 6.54. The lowest BCUT2D eigenvalue weighted by molar-refractivity contribution is -0.214. The van der Waals surface area contributed by atoms with Gasteiger partial charge in [0.2, 0.25) is 5.91 Å². The van der Waals surface area contributed by atoms with E-state index < -0.39 is 55.9 Å². The van der Waals surface area contributed by atoms with E-state index in [0.717, 1.165) is 12.1 Å². The molecule has 0 aliphatic heterocycles. The van der Waals surface area contributed by atoms with Gasteiger partial charge in [0, 0.05) is 0 Å². The molecule has 0 unspecified atom stereocenters. The molecule has 0 spiro atoms. The van der Waals surface area contributed by atoms with Gasteiger partial charge in [-0.05, 0) is 30.5 Å². The Morgan fingerprint density at radius 1 is 1.17 bits per heavy atom. The molecule has 5 nitrogen and oxygen atoms in total. The number of aliphatic hydroxyl groups excluding tert-OH is 1. The van der Waals surface area contributed by atoms with Gasteiger partial charge in [-0.25, -0.2) is 0 Å². The Hall–Kier alpha value is -2.08. The van der Waals surface area contributed by atoms with Gasteiger partial charge in [0.25, 0.3) is 0 Å². The van der Waals surface area contributed by atoms with Gasteiger partial charge in [-0.1, -0.05) is 12.1 Å². The molecular formula is C17H18F7NO4. The number of ether oxygens (including phenoxy) is 2. The number of hydrogen-bond acceptors (Lipinski definition) is 4. The maximum absolute atomic E-state index is 13.0. The highest BCUT2D eigenvalue weighted by Gasteiger charge is 2.67. The summed E-state index contributed by atoms with van der Waals surface area (Å²) in [4.78, 5) is 12.1. The second kappa shape index (κ2) is 9.16. The Morgan fingerprint density at radius 2 is 1.83 bits per heavy atom. The lowest BCUT2D eigenvalue weighted by atomic mass is 9.95. The van der Waals surface area contributed by atoms with E-state index in [1.54, 1.807) is 0 Å². The van der Waals surface area contributed by atoms with Crippen LogP contribution in [-0.4, -0.2) is 43.1 Å². The Morgan fingerprint density at radius 3 is 2.34 bits per heavy atom. The van der Waals surface area contributed by atoms with Gasteiger partial charge in [0.05, 0.1) is 30.6 Å². The van der Waals surface area contributed by atoms with Gasteiger partial charge in [-0.3, -0.25) is 4.79 Å². The minimum Gasteiger partial charge on any atom is -0.435 e. The Labute approximate surface area is 160 Å². The number of benzene rings is 1. The molecule has 1 aliphatic rings. The van der Waals surface area contributed by atoms with Crippen molar-refractivity contribution in [1.82, 2.24) is 5.32 Å². The van der Waals surface area contributed by atoms with E-state index >= 15 is 0 Å². The molecule has 1 aromatic rings. The van der Waals surface area contributed by atoms with Crippen molar-refractivity contribution in [2.24, 2.45) is 5.41 Å². The van der Waals surface area contributed by atoms with Gasteiger partial charge >= 0.3 is 19.4 Å². The molecule has 164 valence electrons. The van der Waals surface area contributed by atoms with Gasteiger partial charge in [-0.2, -0.15) is 30.7 Å². The topological polar surface area (TPSA) is 67.8 Å². The molecular weight excluding hydrogens is 415 g/mol. The zero-order valence-corrected chi connectivity index (χ0v) is 14.8. The highest BCUT2D eigenvalue weighted by atomic mass is 19.4. The van der Waals surface area contributed by atoms with Crippen molar-refractivity contribution in [3.63, 3.8) is 0 Å². The summed E-state index contributed by atoms with van der Waals surface area (Å²) in [6, 6.07) is 3.46. The van der Waals surface area contributed by atoms with Crippen LogP contribution < -0.4 is 10.1 Å². The van der Waals surface area contributed by atoms with Crippen LogP contribution in [-0.2, 0) is 9.53 Å². The lowest BCUT2D eigenvalue weighted by Gasteiger charge is -2.26. The number of halogens is 7. The van der Waals surface area contributed by atoms with Crippen LogP contribution in [0.2, 0.25) is 0 Å². The average Bonchev–Trinajstić information content (AvgIpc) is 3.39. The van der Waals surface area contributed by atoms with Crippen molar-refractivity contribution in [2.45, 2.75) is 50.8 Å². The first-order valence-electron chi connectivity index (χ1n) is 8.43. The Kier molecular flexibility index (Phi) is 7.33. The molecule has 0 bridgehead atoms. The van der Waals surface area contributed by atoms with Gasteiger partial charge in [0.1, 0.15) is 5.75 Å². The van der Waals surface area contributed by atoms with Crippen LogP contribution in [0.15, 0.2) is 24.3 Å². The number of amides is 1. The maximum atomic E-state index is 13.0. The van der Waals surface area contributed by atoms with Crippen molar-refractivity contribution < 1.29 is 50.1 Å². The smallest absolute Gasteiger partial charge is 0.396 e. The van der Waals surface area contributed by atoms with Crippen molar-refractivity contribution in [2.75, 3.05) is 6.61 Å². The number of carbonyl (C=O) groups is 1. The Bertz CT molecular complexity index is 695. The average molecular weight is 433 g/mol.